The van der Waals surface area contributed by atoms with E-state index in [0.717, 1.165) is 31.2 Å². The molecule has 1 aliphatic rings. The van der Waals surface area contributed by atoms with Crippen molar-refractivity contribution < 1.29 is 23.9 Å². The molecule has 1 aromatic carbocycles. The minimum atomic E-state index is -0.863. The maximum absolute atomic E-state index is 13.1. The summed E-state index contributed by atoms with van der Waals surface area (Å²) < 4.78 is 9.38. The van der Waals surface area contributed by atoms with E-state index < -0.39 is 23.4 Å². The van der Waals surface area contributed by atoms with Gasteiger partial charge in [0.1, 0.15) is 6.04 Å². The standard InChI is InChI=1S/C19H25NO5/c1-24-16(21)11-10-15(17(22)25-2)20-18(23)19(12-6-7-13-19)14-8-4-3-5-9-14/h3-5,8-9,15H,6-7,10-13H2,1-2H3,(H,20,23)/t15-/m1/s1. The lowest BCUT2D eigenvalue weighted by molar-refractivity contribution is -0.147. The predicted octanol–water partition coefficient (Wildman–Crippen LogP) is 2.11. The molecule has 1 aliphatic carbocycles. The van der Waals surface area contributed by atoms with Crippen LogP contribution in [0.15, 0.2) is 30.3 Å². The van der Waals surface area contributed by atoms with Crippen LogP contribution in [0.1, 0.15) is 44.1 Å². The van der Waals surface area contributed by atoms with Crippen LogP contribution in [0, 0.1) is 0 Å². The quantitative estimate of drug-likeness (QED) is 0.764. The molecule has 0 radical (unpaired) electrons. The zero-order valence-electron chi connectivity index (χ0n) is 14.7. The van der Waals surface area contributed by atoms with Crippen LogP contribution in [0.4, 0.5) is 0 Å². The zero-order valence-corrected chi connectivity index (χ0v) is 14.7. The van der Waals surface area contributed by atoms with Crippen LogP contribution in [0.2, 0.25) is 0 Å². The molecule has 6 heteroatoms. The Bertz CT molecular complexity index is 608. The van der Waals surface area contributed by atoms with Crippen molar-refractivity contribution in [1.82, 2.24) is 5.32 Å². The first kappa shape index (κ1) is 19.0. The van der Waals surface area contributed by atoms with Crippen molar-refractivity contribution in [3.8, 4) is 0 Å². The van der Waals surface area contributed by atoms with E-state index >= 15 is 0 Å². The normalized spacial score (nSPS) is 16.7. The van der Waals surface area contributed by atoms with Crippen molar-refractivity contribution in [3.05, 3.63) is 35.9 Å². The second kappa shape index (κ2) is 8.65. The van der Waals surface area contributed by atoms with Crippen LogP contribution in [0.3, 0.4) is 0 Å². The molecule has 0 saturated heterocycles. The summed E-state index contributed by atoms with van der Waals surface area (Å²) in [5.41, 5.74) is 0.334. The van der Waals surface area contributed by atoms with Crippen LogP contribution in [-0.2, 0) is 29.3 Å². The molecule has 2 rings (SSSR count). The van der Waals surface area contributed by atoms with Gasteiger partial charge in [-0.15, -0.1) is 0 Å². The smallest absolute Gasteiger partial charge is 0.328 e. The molecule has 0 aliphatic heterocycles. The van der Waals surface area contributed by atoms with Gasteiger partial charge < -0.3 is 14.8 Å². The van der Waals surface area contributed by atoms with Crippen molar-refractivity contribution >= 4 is 17.8 Å². The molecule has 1 fully saturated rings. The Morgan fingerprint density at radius 3 is 2.28 bits per heavy atom. The monoisotopic (exact) mass is 347 g/mol. The summed E-state index contributed by atoms with van der Waals surface area (Å²) >= 11 is 0. The SMILES string of the molecule is COC(=O)CC[C@@H](NC(=O)C1(c2ccccc2)CCCC1)C(=O)OC. The Labute approximate surface area is 147 Å². The Morgan fingerprint density at radius 1 is 1.08 bits per heavy atom. The molecule has 0 heterocycles. The van der Waals surface area contributed by atoms with E-state index in [1.165, 1.54) is 14.2 Å². The van der Waals surface area contributed by atoms with Gasteiger partial charge in [0.15, 0.2) is 0 Å². The molecular formula is C19H25NO5. The van der Waals surface area contributed by atoms with Crippen molar-refractivity contribution in [2.45, 2.75) is 50.0 Å². The summed E-state index contributed by atoms with van der Waals surface area (Å²) in [6.07, 6.45) is 3.60. The average Bonchev–Trinajstić information content (AvgIpc) is 3.15. The molecule has 136 valence electrons. The first-order chi connectivity index (χ1) is 12.0. The van der Waals surface area contributed by atoms with Gasteiger partial charge in [0, 0.05) is 6.42 Å². The number of methoxy groups -OCH3 is 2. The van der Waals surface area contributed by atoms with Crippen LogP contribution < -0.4 is 5.32 Å². The molecule has 0 bridgehead atoms. The lowest BCUT2D eigenvalue weighted by Gasteiger charge is -2.30. The van der Waals surface area contributed by atoms with Gasteiger partial charge in [0.25, 0.3) is 0 Å². The van der Waals surface area contributed by atoms with Gasteiger partial charge in [-0.25, -0.2) is 4.79 Å². The fraction of sp³-hybridized carbons (Fsp3) is 0.526. The maximum Gasteiger partial charge on any atom is 0.328 e. The van der Waals surface area contributed by atoms with Crippen molar-refractivity contribution in [2.24, 2.45) is 0 Å². The second-order valence-electron chi connectivity index (χ2n) is 6.32. The van der Waals surface area contributed by atoms with E-state index in [2.05, 4.69) is 10.1 Å². The number of carbonyl (C=O) groups is 3. The highest BCUT2D eigenvalue weighted by Crippen LogP contribution is 2.41. The summed E-state index contributed by atoms with van der Waals surface area (Å²) in [5.74, 6) is -1.17. The number of carbonyl (C=O) groups excluding carboxylic acids is 3. The lowest BCUT2D eigenvalue weighted by Crippen LogP contribution is -2.50. The summed E-state index contributed by atoms with van der Waals surface area (Å²) in [6.45, 7) is 0. The van der Waals surface area contributed by atoms with Crippen LogP contribution in [0.25, 0.3) is 0 Å². The van der Waals surface area contributed by atoms with Gasteiger partial charge in [-0.3, -0.25) is 9.59 Å². The molecule has 1 saturated carbocycles. The minimum Gasteiger partial charge on any atom is -0.469 e. The van der Waals surface area contributed by atoms with Gasteiger partial charge in [0.2, 0.25) is 5.91 Å². The molecule has 1 atom stereocenters. The van der Waals surface area contributed by atoms with E-state index in [4.69, 9.17) is 4.74 Å². The molecular weight excluding hydrogens is 322 g/mol. The average molecular weight is 347 g/mol. The van der Waals surface area contributed by atoms with Crippen LogP contribution in [-0.4, -0.2) is 38.1 Å². The molecule has 0 aromatic heterocycles. The summed E-state index contributed by atoms with van der Waals surface area (Å²) in [7, 11) is 2.55. The second-order valence-corrected chi connectivity index (χ2v) is 6.32. The van der Waals surface area contributed by atoms with E-state index in [1.807, 2.05) is 30.3 Å². The first-order valence-electron chi connectivity index (χ1n) is 8.54. The number of hydrogen-bond donors (Lipinski definition) is 1. The van der Waals surface area contributed by atoms with E-state index in [9.17, 15) is 14.4 Å². The number of nitrogens with one attached hydrogen (secondary N) is 1. The Balaban J connectivity index is 2.17. The van der Waals surface area contributed by atoms with Crippen LogP contribution >= 0.6 is 0 Å². The fourth-order valence-corrected chi connectivity index (χ4v) is 3.43. The van der Waals surface area contributed by atoms with Crippen LogP contribution in [0.5, 0.6) is 0 Å². The maximum atomic E-state index is 13.1. The highest BCUT2D eigenvalue weighted by atomic mass is 16.5. The number of benzene rings is 1. The predicted molar refractivity (Wildman–Crippen MR) is 91.8 cm³/mol. The van der Waals surface area contributed by atoms with Crippen molar-refractivity contribution in [1.29, 1.82) is 0 Å². The Kier molecular flexibility index (Phi) is 6.56. The molecule has 1 N–H and O–H groups in total. The molecule has 0 spiro atoms. The van der Waals surface area contributed by atoms with E-state index in [1.54, 1.807) is 0 Å². The summed E-state index contributed by atoms with van der Waals surface area (Å²) in [5, 5.41) is 2.81. The number of hydrogen-bond acceptors (Lipinski definition) is 5. The van der Waals surface area contributed by atoms with Gasteiger partial charge in [-0.2, -0.15) is 0 Å². The van der Waals surface area contributed by atoms with Gasteiger partial charge >= 0.3 is 11.9 Å². The van der Waals surface area contributed by atoms with Gasteiger partial charge in [-0.1, -0.05) is 43.2 Å². The zero-order chi connectivity index (χ0) is 18.3. The third-order valence-electron chi connectivity index (χ3n) is 4.87. The Hall–Kier alpha value is -2.37. The Morgan fingerprint density at radius 2 is 1.72 bits per heavy atom. The van der Waals surface area contributed by atoms with Crippen molar-refractivity contribution in [3.63, 3.8) is 0 Å². The van der Waals surface area contributed by atoms with Gasteiger partial charge in [0.05, 0.1) is 19.6 Å². The highest BCUT2D eigenvalue weighted by molar-refractivity contribution is 5.92. The number of amides is 1. The van der Waals surface area contributed by atoms with Gasteiger partial charge in [-0.05, 0) is 24.8 Å². The molecule has 6 nitrogen and oxygen atoms in total. The number of rotatable bonds is 7. The van der Waals surface area contributed by atoms with Crippen molar-refractivity contribution in [2.75, 3.05) is 14.2 Å². The summed E-state index contributed by atoms with van der Waals surface area (Å²) in [4.78, 5) is 36.5. The van der Waals surface area contributed by atoms with E-state index in [-0.39, 0.29) is 18.7 Å². The minimum absolute atomic E-state index is 0.0366. The molecule has 1 amide bonds. The fourth-order valence-electron chi connectivity index (χ4n) is 3.43. The topological polar surface area (TPSA) is 81.7 Å². The molecule has 25 heavy (non-hydrogen) atoms. The third kappa shape index (κ3) is 4.38. The molecule has 0 unspecified atom stereocenters. The summed E-state index contributed by atoms with van der Waals surface area (Å²) in [6, 6.07) is 8.78. The highest BCUT2D eigenvalue weighted by Gasteiger charge is 2.43. The number of esters is 2. The largest absolute Gasteiger partial charge is 0.469 e. The molecule has 1 aromatic rings. The number of ether oxygens (including phenoxy) is 2. The van der Waals surface area contributed by atoms with E-state index in [0.29, 0.717) is 0 Å². The third-order valence-corrected chi connectivity index (χ3v) is 4.87. The lowest BCUT2D eigenvalue weighted by atomic mass is 9.77. The first-order valence-corrected chi connectivity index (χ1v) is 8.54.